The molecule has 6 nitrogen and oxygen atoms in total. The lowest BCUT2D eigenvalue weighted by atomic mass is 10.1. The van der Waals surface area contributed by atoms with Crippen molar-refractivity contribution < 1.29 is 9.53 Å². The Bertz CT molecular complexity index is 928. The molecule has 1 aliphatic rings. The number of aromatic nitrogens is 3. The second kappa shape index (κ2) is 6.96. The molecule has 1 fully saturated rings. The standard InChI is InChI=1S/C19H19ClN4O2/c1-13-9-15(18-22-10-16-17(20)21-7-8-23(16)18)24(11-13)19(25)26-12-14-5-3-2-4-6-14/h2-8,10,13,15H,9,11-12H2,1H3/t13-,15-/m0/s1. The highest BCUT2D eigenvalue weighted by Gasteiger charge is 2.37. The van der Waals surface area contributed by atoms with Crippen molar-refractivity contribution in [3.05, 3.63) is 65.5 Å². The number of nitrogens with zero attached hydrogens (tertiary/aromatic N) is 4. The third kappa shape index (κ3) is 3.12. The van der Waals surface area contributed by atoms with Crippen molar-refractivity contribution in [2.75, 3.05) is 6.54 Å². The first-order chi connectivity index (χ1) is 12.6. The molecule has 1 amide bonds. The number of imidazole rings is 1. The summed E-state index contributed by atoms with van der Waals surface area (Å²) < 4.78 is 7.43. The number of hydrogen-bond acceptors (Lipinski definition) is 4. The van der Waals surface area contributed by atoms with E-state index in [1.165, 1.54) is 0 Å². The zero-order valence-electron chi connectivity index (χ0n) is 14.4. The molecule has 0 N–H and O–H groups in total. The lowest BCUT2D eigenvalue weighted by molar-refractivity contribution is 0.0901. The second-order valence-corrected chi connectivity index (χ2v) is 7.00. The molecule has 1 saturated heterocycles. The predicted molar refractivity (Wildman–Crippen MR) is 97.9 cm³/mol. The van der Waals surface area contributed by atoms with Gasteiger partial charge in [0.05, 0.1) is 12.2 Å². The fraction of sp³-hybridized carbons (Fsp3) is 0.316. The summed E-state index contributed by atoms with van der Waals surface area (Å²) in [6, 6.07) is 9.53. The molecule has 26 heavy (non-hydrogen) atoms. The first-order valence-corrected chi connectivity index (χ1v) is 8.96. The zero-order valence-corrected chi connectivity index (χ0v) is 15.1. The largest absolute Gasteiger partial charge is 0.445 e. The topological polar surface area (TPSA) is 59.7 Å². The molecule has 0 spiro atoms. The van der Waals surface area contributed by atoms with E-state index in [1.807, 2.05) is 40.9 Å². The summed E-state index contributed by atoms with van der Waals surface area (Å²) in [5.41, 5.74) is 1.70. The maximum absolute atomic E-state index is 12.7. The average Bonchev–Trinajstić information content (AvgIpc) is 3.25. The average molecular weight is 371 g/mol. The highest BCUT2D eigenvalue weighted by atomic mass is 35.5. The van der Waals surface area contributed by atoms with Crippen molar-refractivity contribution >= 4 is 23.2 Å². The number of halogens is 1. The summed E-state index contributed by atoms with van der Waals surface area (Å²) in [7, 11) is 0. The van der Waals surface area contributed by atoms with Crippen molar-refractivity contribution in [2.45, 2.75) is 26.0 Å². The number of ether oxygens (including phenoxy) is 1. The third-order valence-electron chi connectivity index (χ3n) is 4.69. The van der Waals surface area contributed by atoms with Crippen LogP contribution in [0.1, 0.15) is 30.8 Å². The van der Waals surface area contributed by atoms with Gasteiger partial charge in [-0.2, -0.15) is 0 Å². The summed E-state index contributed by atoms with van der Waals surface area (Å²) in [6.45, 7) is 3.03. The van der Waals surface area contributed by atoms with Gasteiger partial charge in [-0.15, -0.1) is 0 Å². The molecule has 134 valence electrons. The minimum atomic E-state index is -0.319. The van der Waals surface area contributed by atoms with E-state index in [1.54, 1.807) is 17.3 Å². The van der Waals surface area contributed by atoms with Crippen molar-refractivity contribution in [3.63, 3.8) is 0 Å². The first kappa shape index (κ1) is 16.8. The Morgan fingerprint density at radius 2 is 2.12 bits per heavy atom. The molecule has 3 heterocycles. The van der Waals surface area contributed by atoms with Crippen LogP contribution in [0, 0.1) is 5.92 Å². The molecule has 4 rings (SSSR count). The lowest BCUT2D eigenvalue weighted by Gasteiger charge is -2.23. The fourth-order valence-electron chi connectivity index (χ4n) is 3.46. The van der Waals surface area contributed by atoms with Crippen LogP contribution in [-0.4, -0.2) is 31.9 Å². The van der Waals surface area contributed by atoms with Crippen LogP contribution >= 0.6 is 11.6 Å². The third-order valence-corrected chi connectivity index (χ3v) is 4.98. The number of likely N-dealkylation sites (tertiary alicyclic amines) is 1. The van der Waals surface area contributed by atoms with Crippen molar-refractivity contribution in [1.82, 2.24) is 19.3 Å². The molecule has 0 saturated carbocycles. The minimum absolute atomic E-state index is 0.144. The Labute approximate surface area is 156 Å². The molecule has 1 aromatic carbocycles. The van der Waals surface area contributed by atoms with Crippen LogP contribution in [0.5, 0.6) is 0 Å². The zero-order chi connectivity index (χ0) is 18.1. The molecular formula is C19H19ClN4O2. The van der Waals surface area contributed by atoms with E-state index in [2.05, 4.69) is 16.9 Å². The fourth-order valence-corrected chi connectivity index (χ4v) is 3.65. The van der Waals surface area contributed by atoms with E-state index in [-0.39, 0.29) is 18.7 Å². The van der Waals surface area contributed by atoms with Crippen LogP contribution < -0.4 is 0 Å². The summed E-state index contributed by atoms with van der Waals surface area (Å²) in [4.78, 5) is 23.1. The smallest absolute Gasteiger partial charge is 0.410 e. The van der Waals surface area contributed by atoms with Crippen molar-refractivity contribution in [1.29, 1.82) is 0 Å². The summed E-state index contributed by atoms with van der Waals surface area (Å²) in [6.07, 6.45) is 5.66. The van der Waals surface area contributed by atoms with Gasteiger partial charge >= 0.3 is 6.09 Å². The maximum atomic E-state index is 12.7. The van der Waals surface area contributed by atoms with E-state index in [0.29, 0.717) is 17.6 Å². The summed E-state index contributed by atoms with van der Waals surface area (Å²) >= 11 is 6.15. The molecule has 0 aliphatic carbocycles. The molecule has 0 bridgehead atoms. The molecule has 2 atom stereocenters. The Morgan fingerprint density at radius 1 is 1.31 bits per heavy atom. The van der Waals surface area contributed by atoms with Gasteiger partial charge in [-0.3, -0.25) is 9.30 Å². The Hall–Kier alpha value is -2.60. The van der Waals surface area contributed by atoms with E-state index in [0.717, 1.165) is 23.3 Å². The van der Waals surface area contributed by atoms with Gasteiger partial charge in [0.25, 0.3) is 0 Å². The molecular weight excluding hydrogens is 352 g/mol. The van der Waals surface area contributed by atoms with Gasteiger partial charge in [-0.1, -0.05) is 48.9 Å². The number of carbonyl (C=O) groups excluding carboxylic acids is 1. The van der Waals surface area contributed by atoms with Gasteiger partial charge in [0.1, 0.15) is 17.9 Å². The molecule has 0 unspecified atom stereocenters. The Balaban J connectivity index is 1.56. The van der Waals surface area contributed by atoms with E-state index >= 15 is 0 Å². The molecule has 0 radical (unpaired) electrons. The number of fused-ring (bicyclic) bond motifs is 1. The normalized spacial score (nSPS) is 19.8. The van der Waals surface area contributed by atoms with Crippen LogP contribution in [0.15, 0.2) is 48.9 Å². The number of hydrogen-bond donors (Lipinski definition) is 0. The van der Waals surface area contributed by atoms with Gasteiger partial charge in [0, 0.05) is 18.9 Å². The number of rotatable bonds is 3. The van der Waals surface area contributed by atoms with Crippen LogP contribution in [0.2, 0.25) is 5.15 Å². The Kier molecular flexibility index (Phi) is 4.51. The van der Waals surface area contributed by atoms with Crippen LogP contribution in [-0.2, 0) is 11.3 Å². The van der Waals surface area contributed by atoms with Gasteiger partial charge in [-0.25, -0.2) is 14.8 Å². The lowest BCUT2D eigenvalue weighted by Crippen LogP contribution is -2.32. The number of amides is 1. The van der Waals surface area contributed by atoms with Crippen LogP contribution in [0.25, 0.3) is 5.52 Å². The van der Waals surface area contributed by atoms with Crippen molar-refractivity contribution in [3.8, 4) is 0 Å². The monoisotopic (exact) mass is 370 g/mol. The van der Waals surface area contributed by atoms with Gasteiger partial charge < -0.3 is 4.74 Å². The quantitative estimate of drug-likeness (QED) is 0.696. The van der Waals surface area contributed by atoms with Crippen molar-refractivity contribution in [2.24, 2.45) is 5.92 Å². The minimum Gasteiger partial charge on any atom is -0.445 e. The van der Waals surface area contributed by atoms with Crippen LogP contribution in [0.4, 0.5) is 4.79 Å². The second-order valence-electron chi connectivity index (χ2n) is 6.64. The maximum Gasteiger partial charge on any atom is 0.410 e. The van der Waals surface area contributed by atoms with E-state index < -0.39 is 0 Å². The molecule has 1 aliphatic heterocycles. The molecule has 7 heteroatoms. The van der Waals surface area contributed by atoms with Gasteiger partial charge in [0.15, 0.2) is 5.15 Å². The molecule has 3 aromatic rings. The summed E-state index contributed by atoms with van der Waals surface area (Å²) in [5, 5.41) is 0.399. The highest BCUT2D eigenvalue weighted by molar-refractivity contribution is 6.32. The van der Waals surface area contributed by atoms with Gasteiger partial charge in [0.2, 0.25) is 0 Å². The number of benzene rings is 1. The highest BCUT2D eigenvalue weighted by Crippen LogP contribution is 2.35. The van der Waals surface area contributed by atoms with E-state index in [4.69, 9.17) is 16.3 Å². The number of carbonyl (C=O) groups is 1. The van der Waals surface area contributed by atoms with Gasteiger partial charge in [-0.05, 0) is 17.9 Å². The SMILES string of the molecule is C[C@H]1C[C@@H](c2ncc3c(Cl)nccn23)N(C(=O)OCc2ccccc2)C1. The van der Waals surface area contributed by atoms with Crippen LogP contribution in [0.3, 0.4) is 0 Å². The Morgan fingerprint density at radius 3 is 2.92 bits per heavy atom. The first-order valence-electron chi connectivity index (χ1n) is 8.58. The summed E-state index contributed by atoms with van der Waals surface area (Å²) in [5.74, 6) is 1.15. The van der Waals surface area contributed by atoms with E-state index in [9.17, 15) is 4.79 Å². The molecule has 2 aromatic heterocycles. The predicted octanol–water partition coefficient (Wildman–Crippen LogP) is 4.10.